The average Bonchev–Trinajstić information content (AvgIpc) is 2.62. The van der Waals surface area contributed by atoms with Crippen molar-refractivity contribution in [1.82, 2.24) is 5.32 Å². The van der Waals surface area contributed by atoms with Crippen LogP contribution in [-0.2, 0) is 16.0 Å². The normalized spacial score (nSPS) is 16.4. The Kier molecular flexibility index (Phi) is 5.18. The number of nitrogens with one attached hydrogen (secondary N) is 1. The minimum absolute atomic E-state index is 0.146. The van der Waals surface area contributed by atoms with Crippen molar-refractivity contribution in [3.8, 4) is 5.75 Å². The van der Waals surface area contributed by atoms with Crippen LogP contribution in [0.5, 0.6) is 5.75 Å². The zero-order valence-corrected chi connectivity index (χ0v) is 14.9. The van der Waals surface area contributed by atoms with Crippen molar-refractivity contribution in [2.75, 3.05) is 18.6 Å². The largest absolute Gasteiger partial charge is 0.497 e. The van der Waals surface area contributed by atoms with Gasteiger partial charge in [0.25, 0.3) is 0 Å². The summed E-state index contributed by atoms with van der Waals surface area (Å²) in [5.74, 6) is 1.02. The van der Waals surface area contributed by atoms with Gasteiger partial charge in [0.1, 0.15) is 11.3 Å². The summed E-state index contributed by atoms with van der Waals surface area (Å²) in [6, 6.07) is 11.5. The molecule has 0 atom stereocenters. The van der Waals surface area contributed by atoms with Gasteiger partial charge in [0.2, 0.25) is 5.91 Å². The Labute approximate surface area is 150 Å². The van der Waals surface area contributed by atoms with E-state index in [-0.39, 0.29) is 12.3 Å². The van der Waals surface area contributed by atoms with Gasteiger partial charge in [0, 0.05) is 0 Å². The predicted octanol–water partition coefficient (Wildman–Crippen LogP) is 2.86. The van der Waals surface area contributed by atoms with E-state index >= 15 is 0 Å². The van der Waals surface area contributed by atoms with Crippen LogP contribution in [0.4, 0.5) is 0 Å². The molecule has 2 aromatic rings. The Morgan fingerprint density at radius 2 is 2.00 bits per heavy atom. The van der Waals surface area contributed by atoms with Gasteiger partial charge in [-0.25, -0.2) is 4.79 Å². The number of carbonyl (C=O) groups is 2. The van der Waals surface area contributed by atoms with E-state index in [1.165, 1.54) is 0 Å². The summed E-state index contributed by atoms with van der Waals surface area (Å²) in [4.78, 5) is 24.3. The number of hydrogen-bond acceptors (Lipinski definition) is 4. The van der Waals surface area contributed by atoms with E-state index in [1.807, 2.05) is 36.4 Å². The number of fused-ring (bicyclic) bond motifs is 1. The Hall–Kier alpha value is -2.21. The molecule has 1 heterocycles. The van der Waals surface area contributed by atoms with Gasteiger partial charge in [-0.1, -0.05) is 24.3 Å². The molecule has 1 saturated heterocycles. The van der Waals surface area contributed by atoms with Crippen molar-refractivity contribution in [3.63, 3.8) is 0 Å². The molecule has 0 unspecified atom stereocenters. The van der Waals surface area contributed by atoms with Crippen molar-refractivity contribution in [2.45, 2.75) is 24.8 Å². The van der Waals surface area contributed by atoms with E-state index in [0.717, 1.165) is 33.6 Å². The van der Waals surface area contributed by atoms with E-state index in [0.29, 0.717) is 12.8 Å². The summed E-state index contributed by atoms with van der Waals surface area (Å²) >= 11 is 1.72. The fourth-order valence-electron chi connectivity index (χ4n) is 3.19. The molecule has 0 bridgehead atoms. The number of amides is 1. The number of hydrogen-bond donors (Lipinski definition) is 2. The van der Waals surface area contributed by atoms with E-state index < -0.39 is 11.5 Å². The molecule has 0 saturated carbocycles. The lowest BCUT2D eigenvalue weighted by Crippen LogP contribution is -2.56. The molecule has 132 valence electrons. The monoisotopic (exact) mass is 359 g/mol. The van der Waals surface area contributed by atoms with Crippen LogP contribution in [0.3, 0.4) is 0 Å². The highest BCUT2D eigenvalue weighted by molar-refractivity contribution is 7.99. The first kappa shape index (κ1) is 17.6. The quantitative estimate of drug-likeness (QED) is 0.859. The fraction of sp³-hybridized carbons (Fsp3) is 0.368. The molecule has 0 radical (unpaired) electrons. The van der Waals surface area contributed by atoms with Crippen molar-refractivity contribution in [3.05, 3.63) is 42.0 Å². The van der Waals surface area contributed by atoms with Gasteiger partial charge in [0.05, 0.1) is 13.5 Å². The van der Waals surface area contributed by atoms with E-state index in [4.69, 9.17) is 4.74 Å². The van der Waals surface area contributed by atoms with Crippen LogP contribution in [0.1, 0.15) is 18.4 Å². The third kappa shape index (κ3) is 3.74. The minimum atomic E-state index is -1.13. The summed E-state index contributed by atoms with van der Waals surface area (Å²) in [5, 5.41) is 14.4. The fourth-order valence-corrected chi connectivity index (χ4v) is 4.38. The van der Waals surface area contributed by atoms with Gasteiger partial charge < -0.3 is 15.2 Å². The molecule has 25 heavy (non-hydrogen) atoms. The van der Waals surface area contributed by atoms with Crippen molar-refractivity contribution in [1.29, 1.82) is 0 Å². The average molecular weight is 359 g/mol. The van der Waals surface area contributed by atoms with Gasteiger partial charge in [-0.05, 0) is 52.8 Å². The first-order valence-electron chi connectivity index (χ1n) is 8.22. The number of benzene rings is 2. The Bertz CT molecular complexity index is 799. The summed E-state index contributed by atoms with van der Waals surface area (Å²) in [7, 11) is 1.61. The Balaban J connectivity index is 1.83. The van der Waals surface area contributed by atoms with Gasteiger partial charge in [-0.3, -0.25) is 4.79 Å². The molecule has 3 rings (SSSR count). The minimum Gasteiger partial charge on any atom is -0.497 e. The second-order valence-corrected chi connectivity index (χ2v) is 7.45. The molecule has 1 fully saturated rings. The summed E-state index contributed by atoms with van der Waals surface area (Å²) in [5.41, 5.74) is -0.274. The molecular weight excluding hydrogens is 338 g/mol. The first-order chi connectivity index (χ1) is 12.0. The first-order valence-corrected chi connectivity index (χ1v) is 9.37. The molecule has 6 heteroatoms. The third-order valence-corrected chi connectivity index (χ3v) is 5.65. The van der Waals surface area contributed by atoms with Crippen molar-refractivity contribution < 1.29 is 19.4 Å². The smallest absolute Gasteiger partial charge is 0.329 e. The maximum Gasteiger partial charge on any atom is 0.329 e. The SMILES string of the molecule is COc1ccc2cccc(CC(=O)NC3(C(=O)O)CCSCC3)c2c1. The molecule has 5 nitrogen and oxygen atoms in total. The highest BCUT2D eigenvalue weighted by Gasteiger charge is 2.41. The molecule has 2 N–H and O–H groups in total. The second kappa shape index (κ2) is 7.35. The molecule has 2 aromatic carbocycles. The molecule has 1 amide bonds. The lowest BCUT2D eigenvalue weighted by Gasteiger charge is -2.33. The molecule has 0 aliphatic carbocycles. The zero-order chi connectivity index (χ0) is 17.9. The van der Waals surface area contributed by atoms with Gasteiger partial charge in [-0.2, -0.15) is 11.8 Å². The number of rotatable bonds is 5. The molecule has 0 spiro atoms. The molecular formula is C19H21NO4S. The van der Waals surface area contributed by atoms with E-state index in [1.54, 1.807) is 18.9 Å². The number of carbonyl (C=O) groups excluding carboxylic acids is 1. The van der Waals surface area contributed by atoms with Crippen LogP contribution in [0.25, 0.3) is 10.8 Å². The summed E-state index contributed by atoms with van der Waals surface area (Å²) in [6.07, 6.45) is 1.07. The summed E-state index contributed by atoms with van der Waals surface area (Å²) in [6.45, 7) is 0. The topological polar surface area (TPSA) is 75.6 Å². The maximum absolute atomic E-state index is 12.6. The van der Waals surface area contributed by atoms with Crippen LogP contribution in [0, 0.1) is 0 Å². The number of carboxylic acids is 1. The molecule has 1 aliphatic heterocycles. The number of aliphatic carboxylic acids is 1. The third-order valence-electron chi connectivity index (χ3n) is 4.67. The zero-order valence-electron chi connectivity index (χ0n) is 14.1. The Morgan fingerprint density at radius 1 is 1.24 bits per heavy atom. The van der Waals surface area contributed by atoms with Crippen LogP contribution < -0.4 is 10.1 Å². The van der Waals surface area contributed by atoms with Crippen LogP contribution in [-0.4, -0.2) is 41.1 Å². The lowest BCUT2D eigenvalue weighted by atomic mass is 9.91. The number of methoxy groups -OCH3 is 1. The highest BCUT2D eigenvalue weighted by atomic mass is 32.2. The van der Waals surface area contributed by atoms with Gasteiger partial charge >= 0.3 is 5.97 Å². The van der Waals surface area contributed by atoms with Gasteiger partial charge in [0.15, 0.2) is 0 Å². The van der Waals surface area contributed by atoms with Crippen LogP contribution in [0.15, 0.2) is 36.4 Å². The lowest BCUT2D eigenvalue weighted by molar-refractivity contribution is -0.148. The number of carboxylic acid groups (broad SMARTS) is 1. The number of ether oxygens (including phenoxy) is 1. The van der Waals surface area contributed by atoms with Crippen LogP contribution in [0.2, 0.25) is 0 Å². The Morgan fingerprint density at radius 3 is 2.68 bits per heavy atom. The van der Waals surface area contributed by atoms with Crippen LogP contribution >= 0.6 is 11.8 Å². The van der Waals surface area contributed by atoms with Gasteiger partial charge in [-0.15, -0.1) is 0 Å². The molecule has 1 aliphatic rings. The second-order valence-electron chi connectivity index (χ2n) is 6.23. The highest BCUT2D eigenvalue weighted by Crippen LogP contribution is 2.28. The maximum atomic E-state index is 12.6. The van der Waals surface area contributed by atoms with E-state index in [2.05, 4.69) is 5.32 Å². The standard InChI is InChI=1S/C19H21NO4S/c1-24-15-6-5-13-3-2-4-14(16(13)12-15)11-17(21)20-19(18(22)23)7-9-25-10-8-19/h2-6,12H,7-11H2,1H3,(H,20,21)(H,22,23). The van der Waals surface area contributed by atoms with Crippen molar-refractivity contribution in [2.24, 2.45) is 0 Å². The number of thioether (sulfide) groups is 1. The van der Waals surface area contributed by atoms with E-state index in [9.17, 15) is 14.7 Å². The molecule has 0 aromatic heterocycles. The summed E-state index contributed by atoms with van der Waals surface area (Å²) < 4.78 is 5.27. The van der Waals surface area contributed by atoms with Crippen molar-refractivity contribution >= 4 is 34.4 Å². The predicted molar refractivity (Wildman–Crippen MR) is 99.3 cm³/mol.